The van der Waals surface area contributed by atoms with Crippen LogP contribution in [0.2, 0.25) is 0 Å². The largest absolute Gasteiger partial charge is 0.347 e. The van der Waals surface area contributed by atoms with Gasteiger partial charge in [-0.3, -0.25) is 14.6 Å². The Balaban J connectivity index is 1.60. The van der Waals surface area contributed by atoms with Gasteiger partial charge in [-0.15, -0.1) is 0 Å². The number of rotatable bonds is 4. The van der Waals surface area contributed by atoms with E-state index in [1.165, 1.54) is 12.1 Å². The first-order chi connectivity index (χ1) is 11.1. The van der Waals surface area contributed by atoms with E-state index in [4.69, 9.17) is 0 Å². The third-order valence-electron chi connectivity index (χ3n) is 3.75. The number of aromatic nitrogens is 1. The van der Waals surface area contributed by atoms with Crippen LogP contribution in [0.5, 0.6) is 0 Å². The highest BCUT2D eigenvalue weighted by atomic mass is 19.1. The van der Waals surface area contributed by atoms with Gasteiger partial charge in [0, 0.05) is 37.5 Å². The number of amides is 2. The first kappa shape index (κ1) is 15.1. The molecule has 1 aliphatic heterocycles. The molecule has 23 heavy (non-hydrogen) atoms. The molecule has 1 atom stereocenters. The Morgan fingerprint density at radius 3 is 2.83 bits per heavy atom. The molecule has 1 saturated heterocycles. The van der Waals surface area contributed by atoms with Gasteiger partial charge in [0.05, 0.1) is 6.04 Å². The Bertz CT molecular complexity index is 721. The van der Waals surface area contributed by atoms with Gasteiger partial charge in [0.25, 0.3) is 5.91 Å². The van der Waals surface area contributed by atoms with Crippen molar-refractivity contribution in [3.8, 4) is 0 Å². The van der Waals surface area contributed by atoms with Crippen LogP contribution in [0, 0.1) is 5.82 Å². The van der Waals surface area contributed by atoms with E-state index >= 15 is 0 Å². The van der Waals surface area contributed by atoms with Crippen LogP contribution in [0.4, 0.5) is 4.39 Å². The fraction of sp³-hybridized carbons (Fsp3) is 0.235. The van der Waals surface area contributed by atoms with Gasteiger partial charge >= 0.3 is 0 Å². The Labute approximate surface area is 133 Å². The van der Waals surface area contributed by atoms with Crippen molar-refractivity contribution in [1.29, 1.82) is 0 Å². The molecule has 3 rings (SSSR count). The summed E-state index contributed by atoms with van der Waals surface area (Å²) in [6, 6.07) is 9.18. The number of hydrogen-bond donors (Lipinski definition) is 1. The lowest BCUT2D eigenvalue weighted by molar-refractivity contribution is -0.128. The number of nitrogens with one attached hydrogen (secondary N) is 1. The highest BCUT2D eigenvalue weighted by molar-refractivity contribution is 5.94. The lowest BCUT2D eigenvalue weighted by Crippen LogP contribution is -2.37. The molecule has 2 amide bonds. The third-order valence-corrected chi connectivity index (χ3v) is 3.75. The SMILES string of the molecule is O=C(N[C@H]1CC(=O)N(Cc2cccc(F)c2)C1)c1ccncc1. The summed E-state index contributed by atoms with van der Waals surface area (Å²) in [7, 11) is 0. The van der Waals surface area contributed by atoms with Gasteiger partial charge in [0.15, 0.2) is 0 Å². The van der Waals surface area contributed by atoms with Gasteiger partial charge in [-0.05, 0) is 29.8 Å². The normalized spacial score (nSPS) is 17.3. The van der Waals surface area contributed by atoms with Crippen LogP contribution in [0.3, 0.4) is 0 Å². The minimum absolute atomic E-state index is 0.0470. The van der Waals surface area contributed by atoms with E-state index in [-0.39, 0.29) is 30.1 Å². The second kappa shape index (κ2) is 6.56. The van der Waals surface area contributed by atoms with Crippen molar-refractivity contribution in [3.63, 3.8) is 0 Å². The van der Waals surface area contributed by atoms with Gasteiger partial charge in [0.2, 0.25) is 5.91 Å². The van der Waals surface area contributed by atoms with Crippen LogP contribution < -0.4 is 5.32 Å². The molecule has 1 N–H and O–H groups in total. The number of benzene rings is 1. The van der Waals surface area contributed by atoms with Crippen LogP contribution in [-0.2, 0) is 11.3 Å². The number of nitrogens with zero attached hydrogens (tertiary/aromatic N) is 2. The molecule has 1 aliphatic rings. The Morgan fingerprint density at radius 2 is 2.09 bits per heavy atom. The summed E-state index contributed by atoms with van der Waals surface area (Å²) >= 11 is 0. The van der Waals surface area contributed by atoms with Crippen molar-refractivity contribution < 1.29 is 14.0 Å². The maximum Gasteiger partial charge on any atom is 0.251 e. The molecule has 2 aromatic rings. The topological polar surface area (TPSA) is 62.3 Å². The van der Waals surface area contributed by atoms with E-state index in [0.717, 1.165) is 5.56 Å². The number of likely N-dealkylation sites (tertiary alicyclic amines) is 1. The lowest BCUT2D eigenvalue weighted by Gasteiger charge is -2.17. The molecular weight excluding hydrogens is 297 g/mol. The standard InChI is InChI=1S/C17H16FN3O2/c18-14-3-1-2-12(8-14)10-21-11-15(9-16(21)22)20-17(23)13-4-6-19-7-5-13/h1-8,15H,9-11H2,(H,20,23)/t15-/m0/s1. The average Bonchev–Trinajstić information content (AvgIpc) is 2.87. The van der Waals surface area contributed by atoms with E-state index < -0.39 is 0 Å². The van der Waals surface area contributed by atoms with E-state index in [1.54, 1.807) is 41.6 Å². The zero-order valence-corrected chi connectivity index (χ0v) is 12.4. The molecule has 0 aliphatic carbocycles. The van der Waals surface area contributed by atoms with Crippen molar-refractivity contribution >= 4 is 11.8 Å². The zero-order chi connectivity index (χ0) is 16.2. The van der Waals surface area contributed by atoms with E-state index in [0.29, 0.717) is 18.7 Å². The summed E-state index contributed by atoms with van der Waals surface area (Å²) < 4.78 is 13.2. The molecule has 2 heterocycles. The van der Waals surface area contributed by atoms with Gasteiger partial charge in [-0.1, -0.05) is 12.1 Å². The zero-order valence-electron chi connectivity index (χ0n) is 12.4. The lowest BCUT2D eigenvalue weighted by atomic mass is 10.2. The van der Waals surface area contributed by atoms with Gasteiger partial charge in [-0.25, -0.2) is 4.39 Å². The average molecular weight is 313 g/mol. The molecule has 118 valence electrons. The van der Waals surface area contributed by atoms with Crippen molar-refractivity contribution in [2.75, 3.05) is 6.54 Å². The Morgan fingerprint density at radius 1 is 1.30 bits per heavy atom. The summed E-state index contributed by atoms with van der Waals surface area (Å²) in [5.41, 5.74) is 1.25. The van der Waals surface area contributed by atoms with E-state index in [9.17, 15) is 14.0 Å². The predicted molar refractivity (Wildman–Crippen MR) is 81.9 cm³/mol. The second-order valence-electron chi connectivity index (χ2n) is 5.51. The maximum absolute atomic E-state index is 13.2. The number of hydrogen-bond acceptors (Lipinski definition) is 3. The third kappa shape index (κ3) is 3.71. The first-order valence-electron chi connectivity index (χ1n) is 7.35. The molecule has 0 saturated carbocycles. The fourth-order valence-corrected chi connectivity index (χ4v) is 2.65. The molecule has 0 bridgehead atoms. The first-order valence-corrected chi connectivity index (χ1v) is 7.35. The smallest absolute Gasteiger partial charge is 0.251 e. The van der Waals surface area contributed by atoms with Crippen molar-refractivity contribution in [2.24, 2.45) is 0 Å². The van der Waals surface area contributed by atoms with Crippen molar-refractivity contribution in [2.45, 2.75) is 19.0 Å². The molecular formula is C17H16FN3O2. The minimum atomic E-state index is -0.323. The minimum Gasteiger partial charge on any atom is -0.347 e. The number of carbonyl (C=O) groups excluding carboxylic acids is 2. The maximum atomic E-state index is 13.2. The number of pyridine rings is 1. The van der Waals surface area contributed by atoms with Gasteiger partial charge in [-0.2, -0.15) is 0 Å². The van der Waals surface area contributed by atoms with Crippen molar-refractivity contribution in [1.82, 2.24) is 15.2 Å². The van der Waals surface area contributed by atoms with E-state index in [1.807, 2.05) is 0 Å². The molecule has 0 spiro atoms. The number of halogens is 1. The van der Waals surface area contributed by atoms with Crippen LogP contribution in [-0.4, -0.2) is 34.3 Å². The molecule has 5 nitrogen and oxygen atoms in total. The van der Waals surface area contributed by atoms with Crippen LogP contribution in [0.25, 0.3) is 0 Å². The highest BCUT2D eigenvalue weighted by Crippen LogP contribution is 2.16. The summed E-state index contributed by atoms with van der Waals surface area (Å²) in [4.78, 5) is 29.7. The predicted octanol–water partition coefficient (Wildman–Crippen LogP) is 1.75. The summed E-state index contributed by atoms with van der Waals surface area (Å²) in [5, 5.41) is 2.85. The summed E-state index contributed by atoms with van der Waals surface area (Å²) in [6.07, 6.45) is 3.35. The molecule has 0 radical (unpaired) electrons. The summed E-state index contributed by atoms with van der Waals surface area (Å²) in [6.45, 7) is 0.768. The molecule has 1 aromatic heterocycles. The van der Waals surface area contributed by atoms with Crippen LogP contribution in [0.1, 0.15) is 22.3 Å². The molecule has 1 fully saturated rings. The Hall–Kier alpha value is -2.76. The molecule has 0 unspecified atom stereocenters. The number of carbonyl (C=O) groups is 2. The van der Waals surface area contributed by atoms with Crippen LogP contribution in [0.15, 0.2) is 48.8 Å². The van der Waals surface area contributed by atoms with Gasteiger partial charge < -0.3 is 10.2 Å². The highest BCUT2D eigenvalue weighted by Gasteiger charge is 2.30. The van der Waals surface area contributed by atoms with Crippen LogP contribution >= 0.6 is 0 Å². The second-order valence-corrected chi connectivity index (χ2v) is 5.51. The summed E-state index contributed by atoms with van der Waals surface area (Å²) in [5.74, 6) is -0.594. The fourth-order valence-electron chi connectivity index (χ4n) is 2.65. The molecule has 6 heteroatoms. The van der Waals surface area contributed by atoms with Gasteiger partial charge in [0.1, 0.15) is 5.82 Å². The quantitative estimate of drug-likeness (QED) is 0.935. The molecule has 1 aromatic carbocycles. The Kier molecular flexibility index (Phi) is 4.32. The monoisotopic (exact) mass is 313 g/mol. The van der Waals surface area contributed by atoms with E-state index in [2.05, 4.69) is 10.3 Å². The van der Waals surface area contributed by atoms with Crippen molar-refractivity contribution in [3.05, 3.63) is 65.7 Å².